The van der Waals surface area contributed by atoms with Crippen molar-refractivity contribution in [3.05, 3.63) is 48.0 Å². The zero-order valence-electron chi connectivity index (χ0n) is 20.6. The summed E-state index contributed by atoms with van der Waals surface area (Å²) in [5.74, 6) is -1.20. The summed E-state index contributed by atoms with van der Waals surface area (Å²) in [6.45, 7) is 4.09. The summed E-state index contributed by atoms with van der Waals surface area (Å²) in [5, 5.41) is 18.0. The average molecular weight is 485 g/mol. The first-order chi connectivity index (χ1) is 16.7. The normalized spacial score (nSPS) is 18.9. The summed E-state index contributed by atoms with van der Waals surface area (Å²) in [7, 11) is 1.42. The van der Waals surface area contributed by atoms with Crippen LogP contribution in [-0.4, -0.2) is 78.3 Å². The monoisotopic (exact) mass is 484 g/mol. The third kappa shape index (κ3) is 6.56. The number of benzene rings is 2. The van der Waals surface area contributed by atoms with Gasteiger partial charge in [0.1, 0.15) is 17.7 Å². The Balaban J connectivity index is 1.80. The van der Waals surface area contributed by atoms with E-state index in [2.05, 4.69) is 10.6 Å². The first-order valence-corrected chi connectivity index (χ1v) is 12.0. The number of aliphatic hydroxyl groups is 1. The largest absolute Gasteiger partial charge is 0.391 e. The maximum absolute atomic E-state index is 13.3. The van der Waals surface area contributed by atoms with Gasteiger partial charge >= 0.3 is 0 Å². The van der Waals surface area contributed by atoms with E-state index in [4.69, 9.17) is 10.5 Å². The molecule has 1 saturated heterocycles. The lowest BCUT2D eigenvalue weighted by atomic mass is 10.0. The molecule has 2 aromatic rings. The minimum Gasteiger partial charge on any atom is -0.391 e. The number of hydrogen-bond acceptors (Lipinski definition) is 6. The molecule has 3 rings (SSSR count). The highest BCUT2D eigenvalue weighted by Gasteiger charge is 2.44. The van der Waals surface area contributed by atoms with Crippen molar-refractivity contribution in [3.8, 4) is 0 Å². The molecule has 5 N–H and O–H groups in total. The molecule has 9 nitrogen and oxygen atoms in total. The van der Waals surface area contributed by atoms with Crippen molar-refractivity contribution < 1.29 is 24.2 Å². The lowest BCUT2D eigenvalue weighted by Crippen LogP contribution is -2.56. The van der Waals surface area contributed by atoms with E-state index in [0.717, 1.165) is 16.3 Å². The standard InChI is InChI=1S/C26H36N4O5/c1-26(2,35-3)25(34)30-16-20(31)15-22(30)24(33)29-21(23(32)28-12-6-11-27)14-17-9-10-18-7-4-5-8-19(18)13-17/h4-5,7-10,13,20-22,31H,6,11-12,14-16,27H2,1-3H3,(H,28,32)(H,29,33)/t20-,21-,22+/m1/s1. The van der Waals surface area contributed by atoms with Gasteiger partial charge in [0.2, 0.25) is 11.8 Å². The quantitative estimate of drug-likeness (QED) is 0.367. The van der Waals surface area contributed by atoms with Gasteiger partial charge in [-0.15, -0.1) is 0 Å². The molecule has 0 bridgehead atoms. The van der Waals surface area contributed by atoms with Gasteiger partial charge in [0, 0.05) is 33.0 Å². The van der Waals surface area contributed by atoms with Gasteiger partial charge in [0.25, 0.3) is 5.91 Å². The van der Waals surface area contributed by atoms with Gasteiger partial charge in [-0.1, -0.05) is 42.5 Å². The SMILES string of the molecule is COC(C)(C)C(=O)N1C[C@H](O)C[C@H]1C(=O)N[C@H](Cc1ccc2ccccc2c1)C(=O)NCCCN. The Labute approximate surface area is 206 Å². The van der Waals surface area contributed by atoms with Gasteiger partial charge in [-0.2, -0.15) is 0 Å². The minimum absolute atomic E-state index is 0.0295. The predicted molar refractivity (Wildman–Crippen MR) is 133 cm³/mol. The van der Waals surface area contributed by atoms with Gasteiger partial charge < -0.3 is 31.1 Å². The van der Waals surface area contributed by atoms with Crippen LogP contribution in [-0.2, 0) is 25.5 Å². The van der Waals surface area contributed by atoms with Crippen LogP contribution in [0.4, 0.5) is 0 Å². The minimum atomic E-state index is -1.15. The molecule has 1 aliphatic rings. The summed E-state index contributed by atoms with van der Waals surface area (Å²) >= 11 is 0. The van der Waals surface area contributed by atoms with Crippen LogP contribution < -0.4 is 16.4 Å². The molecule has 1 aliphatic heterocycles. The Hall–Kier alpha value is -3.01. The number of nitrogens with one attached hydrogen (secondary N) is 2. The van der Waals surface area contributed by atoms with Gasteiger partial charge in [0.05, 0.1) is 6.10 Å². The summed E-state index contributed by atoms with van der Waals surface area (Å²) in [6, 6.07) is 12.1. The molecule has 3 atom stereocenters. The van der Waals surface area contributed by atoms with E-state index in [1.807, 2.05) is 42.5 Å². The van der Waals surface area contributed by atoms with Crippen LogP contribution in [0.1, 0.15) is 32.3 Å². The topological polar surface area (TPSA) is 134 Å². The second-order valence-electron chi connectivity index (χ2n) is 9.46. The number of carbonyl (C=O) groups excluding carboxylic acids is 3. The van der Waals surface area contributed by atoms with Gasteiger partial charge in [-0.25, -0.2) is 0 Å². The molecule has 0 saturated carbocycles. The van der Waals surface area contributed by atoms with Crippen molar-refractivity contribution in [1.82, 2.24) is 15.5 Å². The number of fused-ring (bicyclic) bond motifs is 1. The number of methoxy groups -OCH3 is 1. The zero-order valence-corrected chi connectivity index (χ0v) is 20.6. The molecular weight excluding hydrogens is 448 g/mol. The van der Waals surface area contributed by atoms with Crippen LogP contribution in [0.25, 0.3) is 10.8 Å². The summed E-state index contributed by atoms with van der Waals surface area (Å²) in [4.78, 5) is 40.6. The third-order valence-corrected chi connectivity index (χ3v) is 6.43. The molecule has 190 valence electrons. The van der Waals surface area contributed by atoms with E-state index in [1.165, 1.54) is 12.0 Å². The molecular formula is C26H36N4O5. The van der Waals surface area contributed by atoms with Crippen LogP contribution in [0.2, 0.25) is 0 Å². The number of likely N-dealkylation sites (tertiary alicyclic amines) is 1. The molecule has 0 radical (unpaired) electrons. The van der Waals surface area contributed by atoms with E-state index in [9.17, 15) is 19.5 Å². The number of nitrogens with zero attached hydrogens (tertiary/aromatic N) is 1. The Kier molecular flexibility index (Phi) is 8.82. The van der Waals surface area contributed by atoms with Crippen LogP contribution in [0.3, 0.4) is 0 Å². The summed E-state index contributed by atoms with van der Waals surface area (Å²) in [5.41, 5.74) is 5.29. The highest BCUT2D eigenvalue weighted by atomic mass is 16.5. The van der Waals surface area contributed by atoms with Crippen LogP contribution in [0.15, 0.2) is 42.5 Å². The first-order valence-electron chi connectivity index (χ1n) is 12.0. The Morgan fingerprint density at radius 3 is 2.60 bits per heavy atom. The number of hydrogen-bond donors (Lipinski definition) is 4. The van der Waals surface area contributed by atoms with Crippen LogP contribution in [0.5, 0.6) is 0 Å². The average Bonchev–Trinajstić information content (AvgIpc) is 3.24. The van der Waals surface area contributed by atoms with E-state index in [1.54, 1.807) is 13.8 Å². The van der Waals surface area contributed by atoms with Crippen molar-refractivity contribution in [1.29, 1.82) is 0 Å². The summed E-state index contributed by atoms with van der Waals surface area (Å²) < 4.78 is 5.28. The number of nitrogens with two attached hydrogens (primary N) is 1. The fourth-order valence-electron chi connectivity index (χ4n) is 4.24. The van der Waals surface area contributed by atoms with E-state index in [0.29, 0.717) is 19.5 Å². The van der Waals surface area contributed by atoms with E-state index in [-0.39, 0.29) is 25.3 Å². The van der Waals surface area contributed by atoms with Gasteiger partial charge in [-0.05, 0) is 43.1 Å². The second kappa shape index (κ2) is 11.6. The second-order valence-corrected chi connectivity index (χ2v) is 9.46. The van der Waals surface area contributed by atoms with Crippen LogP contribution >= 0.6 is 0 Å². The first kappa shape index (κ1) is 26.6. The predicted octanol–water partition coefficient (Wildman–Crippen LogP) is 0.719. The van der Waals surface area contributed by atoms with E-state index >= 15 is 0 Å². The fraction of sp³-hybridized carbons (Fsp3) is 0.500. The lowest BCUT2D eigenvalue weighted by molar-refractivity contribution is -0.154. The number of ether oxygens (including phenoxy) is 1. The number of carbonyl (C=O) groups is 3. The number of β-amino-alcohol motifs (C(OH)–C–C–N with tert-alkyl or cyclic N) is 1. The molecule has 9 heteroatoms. The zero-order chi connectivity index (χ0) is 25.6. The van der Waals surface area contributed by atoms with Crippen molar-refractivity contribution in [2.75, 3.05) is 26.7 Å². The highest BCUT2D eigenvalue weighted by Crippen LogP contribution is 2.24. The number of amides is 3. The van der Waals surface area contributed by atoms with Crippen molar-refractivity contribution in [2.24, 2.45) is 5.73 Å². The lowest BCUT2D eigenvalue weighted by Gasteiger charge is -2.32. The number of rotatable bonds is 10. The van der Waals surface area contributed by atoms with Crippen LogP contribution in [0, 0.1) is 0 Å². The molecule has 3 amide bonds. The van der Waals surface area contributed by atoms with Crippen molar-refractivity contribution in [2.45, 2.75) is 56.9 Å². The summed E-state index contributed by atoms with van der Waals surface area (Å²) in [6.07, 6.45) is 0.151. The smallest absolute Gasteiger partial charge is 0.254 e. The Morgan fingerprint density at radius 2 is 1.91 bits per heavy atom. The number of aliphatic hydroxyl groups excluding tert-OH is 1. The van der Waals surface area contributed by atoms with Crippen molar-refractivity contribution >= 4 is 28.5 Å². The fourth-order valence-corrected chi connectivity index (χ4v) is 4.24. The molecule has 2 aromatic carbocycles. The van der Waals surface area contributed by atoms with E-state index < -0.39 is 35.6 Å². The molecule has 0 aromatic heterocycles. The maximum atomic E-state index is 13.3. The third-order valence-electron chi connectivity index (χ3n) is 6.43. The maximum Gasteiger partial charge on any atom is 0.254 e. The van der Waals surface area contributed by atoms with Gasteiger partial charge in [-0.3, -0.25) is 14.4 Å². The highest BCUT2D eigenvalue weighted by molar-refractivity contribution is 5.94. The molecule has 0 unspecified atom stereocenters. The molecule has 1 fully saturated rings. The Morgan fingerprint density at radius 1 is 1.20 bits per heavy atom. The van der Waals surface area contributed by atoms with Crippen molar-refractivity contribution in [3.63, 3.8) is 0 Å². The Bertz CT molecular complexity index is 1060. The molecule has 35 heavy (non-hydrogen) atoms. The molecule has 0 aliphatic carbocycles. The van der Waals surface area contributed by atoms with Gasteiger partial charge in [0.15, 0.2) is 0 Å². The molecule has 0 spiro atoms. The molecule has 1 heterocycles.